The molecule has 1 aliphatic heterocycles. The number of rotatable bonds is 6. The summed E-state index contributed by atoms with van der Waals surface area (Å²) in [7, 11) is 0. The highest BCUT2D eigenvalue weighted by Gasteiger charge is 2.36. The SMILES string of the molecule is CC(C)N(CCO)CC1(C=O)CCOC1. The monoisotopic (exact) mass is 215 g/mol. The van der Waals surface area contributed by atoms with Gasteiger partial charge in [0.05, 0.1) is 18.6 Å². The molecule has 0 saturated carbocycles. The lowest BCUT2D eigenvalue weighted by Gasteiger charge is -2.32. The van der Waals surface area contributed by atoms with Gasteiger partial charge in [-0.2, -0.15) is 0 Å². The average Bonchev–Trinajstić information content (AvgIpc) is 2.66. The molecule has 1 aliphatic rings. The molecule has 1 heterocycles. The lowest BCUT2D eigenvalue weighted by atomic mass is 9.88. The Bertz CT molecular complexity index is 200. The van der Waals surface area contributed by atoms with Crippen LogP contribution in [0.1, 0.15) is 20.3 Å². The maximum absolute atomic E-state index is 11.1. The highest BCUT2D eigenvalue weighted by molar-refractivity contribution is 5.60. The van der Waals surface area contributed by atoms with E-state index in [0.717, 1.165) is 12.7 Å². The van der Waals surface area contributed by atoms with Crippen LogP contribution in [0.15, 0.2) is 0 Å². The molecular weight excluding hydrogens is 194 g/mol. The largest absolute Gasteiger partial charge is 0.395 e. The van der Waals surface area contributed by atoms with Crippen LogP contribution in [-0.2, 0) is 9.53 Å². The van der Waals surface area contributed by atoms with E-state index in [1.807, 2.05) is 0 Å². The Labute approximate surface area is 91.2 Å². The van der Waals surface area contributed by atoms with Gasteiger partial charge in [-0.05, 0) is 20.3 Å². The van der Waals surface area contributed by atoms with Crippen LogP contribution < -0.4 is 0 Å². The Morgan fingerprint density at radius 3 is 2.73 bits per heavy atom. The van der Waals surface area contributed by atoms with E-state index in [2.05, 4.69) is 18.7 Å². The average molecular weight is 215 g/mol. The van der Waals surface area contributed by atoms with Crippen LogP contribution in [0, 0.1) is 5.41 Å². The molecule has 88 valence electrons. The zero-order chi connectivity index (χ0) is 11.3. The van der Waals surface area contributed by atoms with Gasteiger partial charge in [0, 0.05) is 25.7 Å². The zero-order valence-electron chi connectivity index (χ0n) is 9.61. The molecule has 0 aromatic rings. The summed E-state index contributed by atoms with van der Waals surface area (Å²) >= 11 is 0. The van der Waals surface area contributed by atoms with Gasteiger partial charge >= 0.3 is 0 Å². The van der Waals surface area contributed by atoms with Crippen LogP contribution in [0.3, 0.4) is 0 Å². The normalized spacial score (nSPS) is 26.5. The van der Waals surface area contributed by atoms with Crippen molar-refractivity contribution in [1.82, 2.24) is 4.90 Å². The first kappa shape index (κ1) is 12.6. The van der Waals surface area contributed by atoms with Crippen molar-refractivity contribution < 1.29 is 14.6 Å². The molecule has 0 bridgehead atoms. The molecule has 4 nitrogen and oxygen atoms in total. The molecule has 15 heavy (non-hydrogen) atoms. The second-order valence-electron chi connectivity index (χ2n) is 4.57. The summed E-state index contributed by atoms with van der Waals surface area (Å²) in [6, 6.07) is 0.342. The van der Waals surface area contributed by atoms with Gasteiger partial charge in [0.1, 0.15) is 6.29 Å². The summed E-state index contributed by atoms with van der Waals surface area (Å²) in [5, 5.41) is 8.95. The van der Waals surface area contributed by atoms with E-state index in [9.17, 15) is 4.79 Å². The molecule has 4 heteroatoms. The number of ether oxygens (including phenoxy) is 1. The maximum atomic E-state index is 11.1. The fourth-order valence-electron chi connectivity index (χ4n) is 1.93. The molecule has 1 fully saturated rings. The number of aldehydes is 1. The van der Waals surface area contributed by atoms with E-state index < -0.39 is 0 Å². The third kappa shape index (κ3) is 3.26. The molecule has 0 amide bonds. The number of carbonyl (C=O) groups is 1. The quantitative estimate of drug-likeness (QED) is 0.647. The number of hydrogen-bond donors (Lipinski definition) is 1. The van der Waals surface area contributed by atoms with Crippen molar-refractivity contribution in [2.45, 2.75) is 26.3 Å². The van der Waals surface area contributed by atoms with Crippen LogP contribution in [0.25, 0.3) is 0 Å². The molecule has 1 atom stereocenters. The van der Waals surface area contributed by atoms with E-state index in [1.54, 1.807) is 0 Å². The molecule has 0 aromatic carbocycles. The first-order valence-corrected chi connectivity index (χ1v) is 5.52. The Kier molecular flexibility index (Phi) is 4.70. The summed E-state index contributed by atoms with van der Waals surface area (Å²) < 4.78 is 5.29. The van der Waals surface area contributed by atoms with Crippen LogP contribution in [0.2, 0.25) is 0 Å². The van der Waals surface area contributed by atoms with Gasteiger partial charge < -0.3 is 14.6 Å². The summed E-state index contributed by atoms with van der Waals surface area (Å²) in [4.78, 5) is 13.3. The fraction of sp³-hybridized carbons (Fsp3) is 0.909. The standard InChI is InChI=1S/C11H21NO3/c1-10(2)12(4-5-13)7-11(8-14)3-6-15-9-11/h8,10,13H,3-7,9H2,1-2H3. The van der Waals surface area contributed by atoms with Crippen LogP contribution in [0.5, 0.6) is 0 Å². The first-order chi connectivity index (χ1) is 7.13. The molecule has 1 rings (SSSR count). The highest BCUT2D eigenvalue weighted by atomic mass is 16.5. The second-order valence-corrected chi connectivity index (χ2v) is 4.57. The zero-order valence-corrected chi connectivity index (χ0v) is 9.61. The Morgan fingerprint density at radius 2 is 2.33 bits per heavy atom. The summed E-state index contributed by atoms with van der Waals surface area (Å²) in [5.74, 6) is 0. The van der Waals surface area contributed by atoms with Crippen LogP contribution >= 0.6 is 0 Å². The number of aliphatic hydroxyl groups is 1. The molecule has 0 radical (unpaired) electrons. The molecule has 1 saturated heterocycles. The van der Waals surface area contributed by atoms with Gasteiger partial charge in [-0.15, -0.1) is 0 Å². The lowest BCUT2D eigenvalue weighted by molar-refractivity contribution is -0.117. The second kappa shape index (κ2) is 5.58. The number of aliphatic hydroxyl groups excluding tert-OH is 1. The molecular formula is C11H21NO3. The third-order valence-electron chi connectivity index (χ3n) is 3.02. The van der Waals surface area contributed by atoms with Gasteiger partial charge in [-0.1, -0.05) is 0 Å². The van der Waals surface area contributed by atoms with E-state index in [4.69, 9.17) is 9.84 Å². The third-order valence-corrected chi connectivity index (χ3v) is 3.02. The number of hydrogen-bond acceptors (Lipinski definition) is 4. The van der Waals surface area contributed by atoms with Crippen molar-refractivity contribution in [1.29, 1.82) is 0 Å². The minimum absolute atomic E-state index is 0.133. The van der Waals surface area contributed by atoms with Crippen LogP contribution in [0.4, 0.5) is 0 Å². The Morgan fingerprint density at radius 1 is 1.60 bits per heavy atom. The molecule has 0 aromatic heterocycles. The summed E-state index contributed by atoms with van der Waals surface area (Å²) in [6.45, 7) is 6.78. The first-order valence-electron chi connectivity index (χ1n) is 5.52. The number of carbonyl (C=O) groups excluding carboxylic acids is 1. The van der Waals surface area contributed by atoms with E-state index in [-0.39, 0.29) is 12.0 Å². The molecule has 1 unspecified atom stereocenters. The smallest absolute Gasteiger partial charge is 0.129 e. The van der Waals surface area contributed by atoms with Crippen molar-refractivity contribution >= 4 is 6.29 Å². The molecule has 0 aliphatic carbocycles. The van der Waals surface area contributed by atoms with Crippen molar-refractivity contribution in [2.24, 2.45) is 5.41 Å². The topological polar surface area (TPSA) is 49.8 Å². The van der Waals surface area contributed by atoms with E-state index in [1.165, 1.54) is 0 Å². The van der Waals surface area contributed by atoms with Crippen LogP contribution in [-0.4, -0.2) is 55.2 Å². The van der Waals surface area contributed by atoms with Gasteiger partial charge in [0.15, 0.2) is 0 Å². The predicted molar refractivity (Wildman–Crippen MR) is 57.7 cm³/mol. The predicted octanol–water partition coefficient (Wildman–Crippen LogP) is 0.295. The minimum Gasteiger partial charge on any atom is -0.395 e. The van der Waals surface area contributed by atoms with Gasteiger partial charge in [-0.3, -0.25) is 4.90 Å². The summed E-state index contributed by atoms with van der Waals surface area (Å²) in [6.07, 6.45) is 1.82. The fourth-order valence-corrected chi connectivity index (χ4v) is 1.93. The minimum atomic E-state index is -0.348. The van der Waals surface area contributed by atoms with Gasteiger partial charge in [0.25, 0.3) is 0 Å². The summed E-state index contributed by atoms with van der Waals surface area (Å²) in [5.41, 5.74) is -0.348. The van der Waals surface area contributed by atoms with Crippen molar-refractivity contribution in [3.05, 3.63) is 0 Å². The number of nitrogens with zero attached hydrogens (tertiary/aromatic N) is 1. The lowest BCUT2D eigenvalue weighted by Crippen LogP contribution is -2.44. The highest BCUT2D eigenvalue weighted by Crippen LogP contribution is 2.27. The van der Waals surface area contributed by atoms with Crippen molar-refractivity contribution in [2.75, 3.05) is 32.9 Å². The van der Waals surface area contributed by atoms with Crippen molar-refractivity contribution in [3.8, 4) is 0 Å². The maximum Gasteiger partial charge on any atom is 0.129 e. The Balaban J connectivity index is 2.58. The van der Waals surface area contributed by atoms with Gasteiger partial charge in [-0.25, -0.2) is 0 Å². The van der Waals surface area contributed by atoms with E-state index in [0.29, 0.717) is 32.3 Å². The van der Waals surface area contributed by atoms with E-state index >= 15 is 0 Å². The molecule has 1 N–H and O–H groups in total. The van der Waals surface area contributed by atoms with Gasteiger partial charge in [0.2, 0.25) is 0 Å². The van der Waals surface area contributed by atoms with Crippen molar-refractivity contribution in [3.63, 3.8) is 0 Å². The Hall–Kier alpha value is -0.450. The molecule has 0 spiro atoms.